The monoisotopic (exact) mass is 381 g/mol. The van der Waals surface area contributed by atoms with Gasteiger partial charge in [0, 0.05) is 64.9 Å². The summed E-state index contributed by atoms with van der Waals surface area (Å²) in [6.07, 6.45) is 3.02. The number of ether oxygens (including phenoxy) is 2. The van der Waals surface area contributed by atoms with Gasteiger partial charge in [-0.25, -0.2) is 0 Å². The number of morpholine rings is 2. The lowest BCUT2D eigenvalue weighted by atomic mass is 10.2. The van der Waals surface area contributed by atoms with Crippen LogP contribution in [0, 0.1) is 0 Å². The minimum absolute atomic E-state index is 0.344. The molecule has 3 saturated heterocycles. The van der Waals surface area contributed by atoms with Crippen LogP contribution in [0.5, 0.6) is 0 Å². The Hall–Kier alpha value is -0.890. The van der Waals surface area contributed by atoms with Crippen molar-refractivity contribution in [2.75, 3.05) is 72.1 Å². The maximum absolute atomic E-state index is 5.82. The Morgan fingerprint density at radius 1 is 1.07 bits per heavy atom. The molecule has 7 heteroatoms. The zero-order valence-electron chi connectivity index (χ0n) is 17.5. The Balaban J connectivity index is 1.44. The molecule has 0 saturated carbocycles. The molecule has 0 bridgehead atoms. The van der Waals surface area contributed by atoms with Crippen molar-refractivity contribution >= 4 is 5.96 Å². The van der Waals surface area contributed by atoms with Crippen molar-refractivity contribution in [2.45, 2.75) is 51.9 Å². The number of nitrogens with one attached hydrogen (secondary N) is 1. The van der Waals surface area contributed by atoms with E-state index in [0.717, 1.165) is 84.5 Å². The second kappa shape index (κ2) is 10.6. The summed E-state index contributed by atoms with van der Waals surface area (Å²) in [5, 5.41) is 3.50. The van der Waals surface area contributed by atoms with E-state index in [-0.39, 0.29) is 0 Å². The number of guanidine groups is 1. The molecule has 3 fully saturated rings. The third kappa shape index (κ3) is 6.31. The highest BCUT2D eigenvalue weighted by Gasteiger charge is 2.30. The van der Waals surface area contributed by atoms with E-state index in [1.54, 1.807) is 0 Å². The second-order valence-electron chi connectivity index (χ2n) is 8.14. The third-order valence-electron chi connectivity index (χ3n) is 5.75. The van der Waals surface area contributed by atoms with Gasteiger partial charge in [-0.15, -0.1) is 0 Å². The minimum Gasteiger partial charge on any atom is -0.379 e. The normalized spacial score (nSPS) is 31.4. The van der Waals surface area contributed by atoms with Gasteiger partial charge < -0.3 is 19.7 Å². The van der Waals surface area contributed by atoms with E-state index < -0.39 is 0 Å². The topological polar surface area (TPSA) is 52.6 Å². The van der Waals surface area contributed by atoms with Gasteiger partial charge in [0.05, 0.1) is 25.4 Å². The van der Waals surface area contributed by atoms with Gasteiger partial charge in [0.25, 0.3) is 0 Å². The molecule has 3 aliphatic heterocycles. The van der Waals surface area contributed by atoms with E-state index in [9.17, 15) is 0 Å². The zero-order chi connectivity index (χ0) is 19.1. The molecule has 156 valence electrons. The van der Waals surface area contributed by atoms with Gasteiger partial charge in [-0.05, 0) is 33.6 Å². The van der Waals surface area contributed by atoms with Crippen LogP contribution in [0.3, 0.4) is 0 Å². The van der Waals surface area contributed by atoms with Crippen LogP contribution in [0.25, 0.3) is 0 Å². The highest BCUT2D eigenvalue weighted by molar-refractivity contribution is 5.80. The van der Waals surface area contributed by atoms with Crippen LogP contribution in [0.1, 0.15) is 33.6 Å². The van der Waals surface area contributed by atoms with Gasteiger partial charge in [-0.3, -0.25) is 14.8 Å². The van der Waals surface area contributed by atoms with E-state index in [4.69, 9.17) is 14.5 Å². The summed E-state index contributed by atoms with van der Waals surface area (Å²) >= 11 is 0. The summed E-state index contributed by atoms with van der Waals surface area (Å²) in [4.78, 5) is 12.5. The lowest BCUT2D eigenvalue weighted by Crippen LogP contribution is -2.47. The van der Waals surface area contributed by atoms with Crippen molar-refractivity contribution in [1.82, 2.24) is 20.0 Å². The maximum atomic E-state index is 5.82. The molecule has 0 aliphatic carbocycles. The van der Waals surface area contributed by atoms with Crippen molar-refractivity contribution in [3.63, 3.8) is 0 Å². The van der Waals surface area contributed by atoms with Crippen molar-refractivity contribution in [3.8, 4) is 0 Å². The largest absolute Gasteiger partial charge is 0.379 e. The number of nitrogens with zero attached hydrogens (tertiary/aromatic N) is 4. The Morgan fingerprint density at radius 3 is 2.52 bits per heavy atom. The first-order chi connectivity index (χ1) is 13.2. The fourth-order valence-corrected chi connectivity index (χ4v) is 4.55. The highest BCUT2D eigenvalue weighted by atomic mass is 16.5. The third-order valence-corrected chi connectivity index (χ3v) is 5.75. The molecule has 3 unspecified atom stereocenters. The van der Waals surface area contributed by atoms with Crippen molar-refractivity contribution in [1.29, 1.82) is 0 Å². The van der Waals surface area contributed by atoms with Gasteiger partial charge in [0.2, 0.25) is 0 Å². The fraction of sp³-hybridized carbons (Fsp3) is 0.950. The standard InChI is InChI=1S/C20H39N5O2/c1-4-21-20(22-7-5-8-23-14-17(2)27-18(3)15-23)25-9-6-19(16-25)24-10-12-26-13-11-24/h17-19H,4-16H2,1-3H3,(H,21,22). The summed E-state index contributed by atoms with van der Waals surface area (Å²) in [7, 11) is 0. The molecule has 3 heterocycles. The SMILES string of the molecule is CCNC(=NCCCN1CC(C)OC(C)C1)N1CCC(N2CCOCC2)C1. The van der Waals surface area contributed by atoms with Crippen LogP contribution in [-0.2, 0) is 9.47 Å². The molecular formula is C20H39N5O2. The van der Waals surface area contributed by atoms with Crippen LogP contribution < -0.4 is 5.32 Å². The highest BCUT2D eigenvalue weighted by Crippen LogP contribution is 2.17. The van der Waals surface area contributed by atoms with Gasteiger partial charge in [-0.2, -0.15) is 0 Å². The average Bonchev–Trinajstić information content (AvgIpc) is 3.14. The first-order valence-corrected chi connectivity index (χ1v) is 10.9. The Bertz CT molecular complexity index is 459. The molecule has 3 aliphatic rings. The van der Waals surface area contributed by atoms with Gasteiger partial charge in [0.1, 0.15) is 0 Å². The molecular weight excluding hydrogens is 342 g/mol. The molecule has 27 heavy (non-hydrogen) atoms. The minimum atomic E-state index is 0.344. The molecule has 0 aromatic carbocycles. The van der Waals surface area contributed by atoms with E-state index in [0.29, 0.717) is 18.2 Å². The molecule has 3 rings (SSSR count). The number of hydrogen-bond donors (Lipinski definition) is 1. The zero-order valence-corrected chi connectivity index (χ0v) is 17.5. The Kier molecular flexibility index (Phi) is 8.18. The van der Waals surface area contributed by atoms with E-state index in [1.807, 2.05) is 0 Å². The summed E-state index contributed by atoms with van der Waals surface area (Å²) in [6, 6.07) is 0.647. The van der Waals surface area contributed by atoms with Crippen LogP contribution in [0.4, 0.5) is 0 Å². The summed E-state index contributed by atoms with van der Waals surface area (Å²) in [5.41, 5.74) is 0. The molecule has 0 spiro atoms. The van der Waals surface area contributed by atoms with E-state index in [2.05, 4.69) is 40.8 Å². The molecule has 3 atom stereocenters. The predicted molar refractivity (Wildman–Crippen MR) is 109 cm³/mol. The van der Waals surface area contributed by atoms with E-state index in [1.165, 1.54) is 6.42 Å². The van der Waals surface area contributed by atoms with Crippen molar-refractivity contribution in [3.05, 3.63) is 0 Å². The fourth-order valence-electron chi connectivity index (χ4n) is 4.55. The molecule has 7 nitrogen and oxygen atoms in total. The Labute approximate surface area is 165 Å². The summed E-state index contributed by atoms with van der Waals surface area (Å²) < 4.78 is 11.3. The molecule has 0 amide bonds. The molecule has 0 aromatic rings. The van der Waals surface area contributed by atoms with Crippen LogP contribution in [0.15, 0.2) is 4.99 Å². The van der Waals surface area contributed by atoms with Gasteiger partial charge in [0.15, 0.2) is 5.96 Å². The molecule has 1 N–H and O–H groups in total. The Morgan fingerprint density at radius 2 is 1.81 bits per heavy atom. The van der Waals surface area contributed by atoms with Gasteiger partial charge in [-0.1, -0.05) is 0 Å². The number of hydrogen-bond acceptors (Lipinski definition) is 5. The first-order valence-electron chi connectivity index (χ1n) is 10.9. The predicted octanol–water partition coefficient (Wildman–Crippen LogP) is 0.858. The maximum Gasteiger partial charge on any atom is 0.193 e. The second-order valence-corrected chi connectivity index (χ2v) is 8.14. The molecule has 0 radical (unpaired) electrons. The van der Waals surface area contributed by atoms with Gasteiger partial charge >= 0.3 is 0 Å². The van der Waals surface area contributed by atoms with Crippen LogP contribution in [-0.4, -0.2) is 111 Å². The van der Waals surface area contributed by atoms with Crippen LogP contribution >= 0.6 is 0 Å². The van der Waals surface area contributed by atoms with E-state index >= 15 is 0 Å². The average molecular weight is 382 g/mol. The quantitative estimate of drug-likeness (QED) is 0.418. The number of aliphatic imine (C=N–C) groups is 1. The molecule has 0 aromatic heterocycles. The van der Waals surface area contributed by atoms with Crippen molar-refractivity contribution < 1.29 is 9.47 Å². The smallest absolute Gasteiger partial charge is 0.193 e. The summed E-state index contributed by atoms with van der Waals surface area (Å²) in [6.45, 7) is 17.6. The lowest BCUT2D eigenvalue weighted by Gasteiger charge is -2.35. The lowest BCUT2D eigenvalue weighted by molar-refractivity contribution is -0.0679. The van der Waals surface area contributed by atoms with Crippen molar-refractivity contribution in [2.24, 2.45) is 4.99 Å². The summed E-state index contributed by atoms with van der Waals surface area (Å²) in [5.74, 6) is 1.09. The number of likely N-dealkylation sites (tertiary alicyclic amines) is 1. The first kappa shape index (κ1) is 20.8. The number of rotatable bonds is 6. The van der Waals surface area contributed by atoms with Crippen LogP contribution in [0.2, 0.25) is 0 Å².